The van der Waals surface area contributed by atoms with E-state index in [1.807, 2.05) is 6.20 Å². The van der Waals surface area contributed by atoms with Crippen LogP contribution in [0.15, 0.2) is 115 Å². The van der Waals surface area contributed by atoms with Crippen LogP contribution in [0.3, 0.4) is 0 Å². The number of hydrogen-bond donors (Lipinski definition) is 0. The largest absolute Gasteiger partial charge is 0.311 e. The topological polar surface area (TPSA) is 21.1 Å². The normalized spacial score (nSPS) is 20.0. The summed E-state index contributed by atoms with van der Waals surface area (Å²) >= 11 is 0. The van der Waals surface area contributed by atoms with Crippen LogP contribution in [0.5, 0.6) is 0 Å². The highest BCUT2D eigenvalue weighted by Crippen LogP contribution is 2.68. The van der Waals surface area contributed by atoms with Crippen molar-refractivity contribution in [3.8, 4) is 0 Å². The van der Waals surface area contributed by atoms with Crippen LogP contribution in [-0.4, -0.2) is 9.55 Å². The Morgan fingerprint density at radius 3 is 2.30 bits per heavy atom. The lowest BCUT2D eigenvalue weighted by molar-refractivity contribution is 0.603. The first-order valence-electron chi connectivity index (χ1n) is 15.4. The van der Waals surface area contributed by atoms with Gasteiger partial charge in [-0.05, 0) is 58.2 Å². The summed E-state index contributed by atoms with van der Waals surface area (Å²) in [6, 6.07) is 36.1. The van der Waals surface area contributed by atoms with Crippen LogP contribution in [0.1, 0.15) is 61.4 Å². The molecule has 2 aliphatic carbocycles. The van der Waals surface area contributed by atoms with Gasteiger partial charge < -0.3 is 9.47 Å². The maximum Gasteiger partial charge on any atom is 0.0600 e. The number of pyridine rings is 1. The van der Waals surface area contributed by atoms with Gasteiger partial charge >= 0.3 is 0 Å². The Morgan fingerprint density at radius 1 is 0.674 bits per heavy atom. The highest BCUT2D eigenvalue weighted by molar-refractivity contribution is 6.20. The zero-order chi connectivity index (χ0) is 28.8. The highest BCUT2D eigenvalue weighted by atomic mass is 15.2. The predicted octanol–water partition coefficient (Wildman–Crippen LogP) is 9.80. The molecule has 0 bridgehead atoms. The standard InChI is InChI=1S/C40H31N3/c1-39(2)28-16-10-8-15-27(28)37-35(39)34-32-26-20-21-41-22-29(26)40(3,4)38(32)43-30-17-11-9-14-24(30)25-18-19-31(33(34)36(25)43)42(37)23-12-6-5-7-13-23/h5-22,34H,1-4H3. The summed E-state index contributed by atoms with van der Waals surface area (Å²) in [5.41, 5.74) is 17.3. The number of hydrogen-bond acceptors (Lipinski definition) is 2. The third-order valence-corrected chi connectivity index (χ3v) is 10.8. The van der Waals surface area contributed by atoms with Crippen LogP contribution < -0.4 is 4.90 Å². The van der Waals surface area contributed by atoms with Crippen molar-refractivity contribution in [3.05, 3.63) is 143 Å². The van der Waals surface area contributed by atoms with Gasteiger partial charge in [0.25, 0.3) is 0 Å². The van der Waals surface area contributed by atoms with Crippen LogP contribution in [0, 0.1) is 0 Å². The monoisotopic (exact) mass is 553 g/mol. The van der Waals surface area contributed by atoms with Gasteiger partial charge in [0.2, 0.25) is 0 Å². The first-order chi connectivity index (χ1) is 20.9. The van der Waals surface area contributed by atoms with Gasteiger partial charge in [0.1, 0.15) is 0 Å². The fourth-order valence-corrected chi connectivity index (χ4v) is 9.15. The fraction of sp³-hybridized carbons (Fsp3) is 0.175. The minimum absolute atomic E-state index is 0.130. The number of fused-ring (bicyclic) bond motifs is 10. The van der Waals surface area contributed by atoms with Crippen molar-refractivity contribution < 1.29 is 0 Å². The predicted molar refractivity (Wildman–Crippen MR) is 178 cm³/mol. The van der Waals surface area contributed by atoms with Crippen molar-refractivity contribution in [1.29, 1.82) is 0 Å². The second kappa shape index (κ2) is 7.54. The summed E-state index contributed by atoms with van der Waals surface area (Å²) in [5, 5.41) is 2.65. The van der Waals surface area contributed by atoms with Crippen molar-refractivity contribution >= 4 is 50.1 Å². The molecule has 43 heavy (non-hydrogen) atoms. The maximum atomic E-state index is 4.66. The molecule has 2 aromatic heterocycles. The van der Waals surface area contributed by atoms with Gasteiger partial charge in [-0.15, -0.1) is 0 Å². The average Bonchev–Trinajstić information content (AvgIpc) is 3.58. The number of para-hydroxylation sites is 2. The number of benzene rings is 4. The van der Waals surface area contributed by atoms with Crippen molar-refractivity contribution in [2.45, 2.75) is 44.4 Å². The number of allylic oxidation sites excluding steroid dienone is 3. The maximum absolute atomic E-state index is 4.66. The van der Waals surface area contributed by atoms with Gasteiger partial charge in [-0.2, -0.15) is 0 Å². The van der Waals surface area contributed by atoms with Crippen molar-refractivity contribution in [2.75, 3.05) is 4.90 Å². The van der Waals surface area contributed by atoms with Gasteiger partial charge in [0.15, 0.2) is 0 Å². The Labute approximate surface area is 251 Å². The van der Waals surface area contributed by atoms with Crippen molar-refractivity contribution in [2.24, 2.45) is 0 Å². The average molecular weight is 554 g/mol. The molecule has 3 nitrogen and oxygen atoms in total. The van der Waals surface area contributed by atoms with E-state index >= 15 is 0 Å². The van der Waals surface area contributed by atoms with E-state index in [-0.39, 0.29) is 16.7 Å². The molecule has 0 fully saturated rings. The summed E-state index contributed by atoms with van der Waals surface area (Å²) in [4.78, 5) is 7.23. The summed E-state index contributed by atoms with van der Waals surface area (Å²) in [6.07, 6.45) is 4.10. The van der Waals surface area contributed by atoms with Gasteiger partial charge in [-0.3, -0.25) is 4.98 Å². The molecule has 1 atom stereocenters. The van der Waals surface area contributed by atoms with Crippen molar-refractivity contribution in [3.63, 3.8) is 0 Å². The SMILES string of the molecule is CC1(C)C2=C(c3ccccc31)N(c1ccccc1)c1ccc3c4ccccc4n4c3c1C2C1=C4C(C)(C)c2cnccc21. The third-order valence-electron chi connectivity index (χ3n) is 10.8. The van der Waals surface area contributed by atoms with Gasteiger partial charge in [0.05, 0.1) is 22.4 Å². The molecule has 0 amide bonds. The summed E-state index contributed by atoms with van der Waals surface area (Å²) in [5.74, 6) is 0.130. The smallest absolute Gasteiger partial charge is 0.0600 e. The molecule has 4 aliphatic rings. The Morgan fingerprint density at radius 2 is 1.44 bits per heavy atom. The molecule has 0 saturated heterocycles. The zero-order valence-electron chi connectivity index (χ0n) is 24.8. The first-order valence-corrected chi connectivity index (χ1v) is 15.4. The van der Waals surface area contributed by atoms with E-state index < -0.39 is 0 Å². The van der Waals surface area contributed by atoms with E-state index in [0.717, 1.165) is 0 Å². The van der Waals surface area contributed by atoms with Crippen LogP contribution >= 0.6 is 0 Å². The molecule has 0 spiro atoms. The molecule has 1 unspecified atom stereocenters. The van der Waals surface area contributed by atoms with Crippen LogP contribution in [0.2, 0.25) is 0 Å². The van der Waals surface area contributed by atoms with E-state index in [4.69, 9.17) is 0 Å². The summed E-state index contributed by atoms with van der Waals surface area (Å²) < 4.78 is 2.62. The van der Waals surface area contributed by atoms with Crippen LogP contribution in [0.4, 0.5) is 11.4 Å². The molecule has 4 heterocycles. The second-order valence-electron chi connectivity index (χ2n) is 13.6. The highest BCUT2D eigenvalue weighted by Gasteiger charge is 2.54. The molecular formula is C40H31N3. The third kappa shape index (κ3) is 2.58. The van der Waals surface area contributed by atoms with Gasteiger partial charge in [-0.1, -0.05) is 94.4 Å². The van der Waals surface area contributed by atoms with Gasteiger partial charge in [-0.25, -0.2) is 0 Å². The Hall–Kier alpha value is -4.89. The molecule has 10 rings (SSSR count). The summed E-state index contributed by atoms with van der Waals surface area (Å²) in [6.45, 7) is 9.68. The molecule has 0 N–H and O–H groups in total. The number of nitrogens with zero attached hydrogens (tertiary/aromatic N) is 3. The lowest BCUT2D eigenvalue weighted by Crippen LogP contribution is -2.32. The molecule has 6 aromatic rings. The van der Waals surface area contributed by atoms with E-state index in [0.29, 0.717) is 0 Å². The minimum Gasteiger partial charge on any atom is -0.311 e. The quantitative estimate of drug-likeness (QED) is 0.202. The Kier molecular flexibility index (Phi) is 4.15. The number of rotatable bonds is 1. The molecule has 0 saturated carbocycles. The summed E-state index contributed by atoms with van der Waals surface area (Å²) in [7, 11) is 0. The van der Waals surface area contributed by atoms with Gasteiger partial charge in [0, 0.05) is 62.4 Å². The Bertz CT molecular complexity index is 2290. The number of anilines is 2. The molecule has 3 heteroatoms. The number of aromatic nitrogens is 2. The van der Waals surface area contributed by atoms with Crippen LogP contribution in [0.25, 0.3) is 38.8 Å². The molecule has 4 aromatic carbocycles. The minimum atomic E-state index is -0.200. The molecule has 206 valence electrons. The molecule has 2 aliphatic heterocycles. The Balaban J connectivity index is 1.45. The lowest BCUT2D eigenvalue weighted by atomic mass is 9.67. The first kappa shape index (κ1) is 23.6. The second-order valence-corrected chi connectivity index (χ2v) is 13.6. The van der Waals surface area contributed by atoms with E-state index in [1.165, 1.54) is 83.5 Å². The van der Waals surface area contributed by atoms with Crippen molar-refractivity contribution in [1.82, 2.24) is 9.55 Å². The zero-order valence-corrected chi connectivity index (χ0v) is 24.8. The lowest BCUT2D eigenvalue weighted by Gasteiger charge is -2.44. The van der Waals surface area contributed by atoms with E-state index in [9.17, 15) is 0 Å². The van der Waals surface area contributed by atoms with E-state index in [1.54, 1.807) is 0 Å². The van der Waals surface area contributed by atoms with E-state index in [2.05, 4.69) is 145 Å². The molecule has 0 radical (unpaired) electrons. The van der Waals surface area contributed by atoms with Crippen LogP contribution in [-0.2, 0) is 10.8 Å². The fourth-order valence-electron chi connectivity index (χ4n) is 9.15. The molecular weight excluding hydrogens is 522 g/mol.